The fraction of sp³-hybridized carbons (Fsp3) is 0.267. The number of furan rings is 2. The van der Waals surface area contributed by atoms with E-state index >= 15 is 0 Å². The quantitative estimate of drug-likeness (QED) is 0.333. The molecule has 0 saturated carbocycles. The van der Waals surface area contributed by atoms with Gasteiger partial charge in [0.15, 0.2) is 0 Å². The molecule has 5 rings (SSSR count). The predicted molar refractivity (Wildman–Crippen MR) is 142 cm³/mol. The average molecular weight is 483 g/mol. The van der Waals surface area contributed by atoms with E-state index in [1.807, 2.05) is 24.3 Å². The average Bonchev–Trinajstić information content (AvgIpc) is 3.26. The highest BCUT2D eigenvalue weighted by molar-refractivity contribution is 6.20. The molecule has 0 spiro atoms. The molecule has 0 N–H and O–H groups in total. The lowest BCUT2D eigenvalue weighted by molar-refractivity contribution is 0.499. The molecule has 0 saturated heterocycles. The van der Waals surface area contributed by atoms with Crippen LogP contribution in [0.3, 0.4) is 0 Å². The summed E-state index contributed by atoms with van der Waals surface area (Å²) in [6.45, 7) is 12.4. The first kappa shape index (κ1) is 23.7. The SMILES string of the molecule is CC(C)(C)c1ccc(-c2c3c(=O)oc(=O)c3c(-c3ccc(C(C)(C)C)cc3)c3c(=O)oc(=O)c23)cc1. The molecule has 0 amide bonds. The third-order valence-electron chi connectivity index (χ3n) is 6.77. The predicted octanol–water partition coefficient (Wildman–Crippen LogP) is 5.42. The Hall–Kier alpha value is -4.06. The van der Waals surface area contributed by atoms with E-state index in [0.717, 1.165) is 11.1 Å². The molecule has 2 aromatic heterocycles. The van der Waals surface area contributed by atoms with Gasteiger partial charge in [-0.15, -0.1) is 0 Å². The highest BCUT2D eigenvalue weighted by Gasteiger charge is 2.29. The van der Waals surface area contributed by atoms with Crippen LogP contribution in [0.5, 0.6) is 0 Å². The topological polar surface area (TPSA) is 94.6 Å². The summed E-state index contributed by atoms with van der Waals surface area (Å²) in [5, 5.41) is -0.0970. The summed E-state index contributed by atoms with van der Waals surface area (Å²) in [6, 6.07) is 14.7. The molecule has 0 aliphatic rings. The molecule has 0 radical (unpaired) electrons. The maximum absolute atomic E-state index is 13.0. The lowest BCUT2D eigenvalue weighted by Crippen LogP contribution is -2.10. The van der Waals surface area contributed by atoms with E-state index in [2.05, 4.69) is 41.5 Å². The van der Waals surface area contributed by atoms with E-state index in [-0.39, 0.29) is 43.5 Å². The van der Waals surface area contributed by atoms with Gasteiger partial charge < -0.3 is 8.83 Å². The van der Waals surface area contributed by atoms with E-state index in [1.54, 1.807) is 24.3 Å². The van der Waals surface area contributed by atoms with Crippen LogP contribution in [0.1, 0.15) is 52.7 Å². The van der Waals surface area contributed by atoms with Crippen molar-refractivity contribution in [3.63, 3.8) is 0 Å². The number of rotatable bonds is 2. The van der Waals surface area contributed by atoms with Gasteiger partial charge in [0.2, 0.25) is 0 Å². The Bertz CT molecular complexity index is 1630. The van der Waals surface area contributed by atoms with Gasteiger partial charge in [-0.05, 0) is 33.1 Å². The van der Waals surface area contributed by atoms with Gasteiger partial charge in [0.25, 0.3) is 0 Å². The van der Waals surface area contributed by atoms with E-state index in [1.165, 1.54) is 0 Å². The summed E-state index contributed by atoms with van der Waals surface area (Å²) in [5.41, 5.74) is -0.152. The monoisotopic (exact) mass is 482 g/mol. The zero-order valence-corrected chi connectivity index (χ0v) is 21.1. The van der Waals surface area contributed by atoms with E-state index in [0.29, 0.717) is 11.1 Å². The molecular formula is C30H26O6. The Kier molecular flexibility index (Phi) is 5.08. The fourth-order valence-electron chi connectivity index (χ4n) is 4.79. The molecule has 6 heteroatoms. The number of hydrogen-bond donors (Lipinski definition) is 0. The maximum atomic E-state index is 13.0. The molecule has 0 aliphatic heterocycles. The Morgan fingerprint density at radius 3 is 0.917 bits per heavy atom. The normalized spacial score (nSPS) is 12.6. The van der Waals surface area contributed by atoms with Crippen molar-refractivity contribution in [3.8, 4) is 22.3 Å². The van der Waals surface area contributed by atoms with Gasteiger partial charge >= 0.3 is 22.5 Å². The zero-order valence-electron chi connectivity index (χ0n) is 21.1. The Balaban J connectivity index is 1.94. The maximum Gasteiger partial charge on any atom is 0.347 e. The molecule has 5 aromatic rings. The highest BCUT2D eigenvalue weighted by Crippen LogP contribution is 2.40. The van der Waals surface area contributed by atoms with Crippen molar-refractivity contribution < 1.29 is 8.83 Å². The molecule has 36 heavy (non-hydrogen) atoms. The van der Waals surface area contributed by atoms with Gasteiger partial charge in [-0.1, -0.05) is 90.1 Å². The lowest BCUT2D eigenvalue weighted by atomic mass is 9.84. The number of benzene rings is 3. The standard InChI is InChI=1S/C30H26O6/c1-29(2,3)17-11-7-15(8-12-17)19-21-23(27(33)35-25(21)31)20(24-22(19)26(32)36-28(24)34)16-9-13-18(14-10-16)30(4,5)6/h7-14H,1-6H3. The molecule has 0 unspecified atom stereocenters. The first-order chi connectivity index (χ1) is 16.8. The van der Waals surface area contributed by atoms with Crippen molar-refractivity contribution in [1.29, 1.82) is 0 Å². The Morgan fingerprint density at radius 2 is 0.694 bits per heavy atom. The van der Waals surface area contributed by atoms with Gasteiger partial charge in [0, 0.05) is 11.1 Å². The first-order valence-corrected chi connectivity index (χ1v) is 11.8. The third-order valence-corrected chi connectivity index (χ3v) is 6.77. The molecule has 0 atom stereocenters. The lowest BCUT2D eigenvalue weighted by Gasteiger charge is -2.20. The van der Waals surface area contributed by atoms with Gasteiger partial charge in [0.05, 0.1) is 21.5 Å². The van der Waals surface area contributed by atoms with Gasteiger partial charge in [-0.3, -0.25) is 0 Å². The van der Waals surface area contributed by atoms with Crippen molar-refractivity contribution in [1.82, 2.24) is 0 Å². The minimum atomic E-state index is -0.854. The molecule has 0 fully saturated rings. The zero-order chi connectivity index (χ0) is 26.2. The summed E-state index contributed by atoms with van der Waals surface area (Å²) in [4.78, 5) is 51.9. The molecule has 6 nitrogen and oxygen atoms in total. The largest absolute Gasteiger partial charge is 0.386 e. The molecule has 0 aliphatic carbocycles. The van der Waals surface area contributed by atoms with Gasteiger partial charge in [0.1, 0.15) is 0 Å². The summed E-state index contributed by atoms with van der Waals surface area (Å²) >= 11 is 0. The summed E-state index contributed by atoms with van der Waals surface area (Å²) in [7, 11) is 0. The second-order valence-electron chi connectivity index (χ2n) is 11.3. The smallest absolute Gasteiger partial charge is 0.347 e. The van der Waals surface area contributed by atoms with Crippen LogP contribution in [0.25, 0.3) is 43.8 Å². The van der Waals surface area contributed by atoms with Crippen molar-refractivity contribution in [2.45, 2.75) is 52.4 Å². The number of fused-ring (bicyclic) bond motifs is 2. The molecular weight excluding hydrogens is 456 g/mol. The Labute approximate surface area is 206 Å². The van der Waals surface area contributed by atoms with E-state index in [9.17, 15) is 19.2 Å². The van der Waals surface area contributed by atoms with Crippen LogP contribution in [0.2, 0.25) is 0 Å². The summed E-state index contributed by atoms with van der Waals surface area (Å²) in [6.07, 6.45) is 0. The van der Waals surface area contributed by atoms with Crippen LogP contribution in [0.4, 0.5) is 0 Å². The van der Waals surface area contributed by atoms with E-state index in [4.69, 9.17) is 8.83 Å². The van der Waals surface area contributed by atoms with Crippen LogP contribution in [0, 0.1) is 0 Å². The third kappa shape index (κ3) is 3.56. The van der Waals surface area contributed by atoms with Crippen molar-refractivity contribution in [3.05, 3.63) is 101 Å². The second-order valence-corrected chi connectivity index (χ2v) is 11.3. The summed E-state index contributed by atoms with van der Waals surface area (Å²) in [5.74, 6) is 0. The van der Waals surface area contributed by atoms with Gasteiger partial charge in [-0.25, -0.2) is 19.2 Å². The fourth-order valence-corrected chi connectivity index (χ4v) is 4.79. The van der Waals surface area contributed by atoms with Crippen molar-refractivity contribution in [2.24, 2.45) is 0 Å². The summed E-state index contributed by atoms with van der Waals surface area (Å²) < 4.78 is 10.0. The minimum Gasteiger partial charge on any atom is -0.386 e. The van der Waals surface area contributed by atoms with Crippen LogP contribution in [-0.4, -0.2) is 0 Å². The van der Waals surface area contributed by atoms with Crippen LogP contribution in [-0.2, 0) is 10.8 Å². The molecule has 182 valence electrons. The van der Waals surface area contributed by atoms with Gasteiger partial charge in [-0.2, -0.15) is 0 Å². The second kappa shape index (κ2) is 7.72. The van der Waals surface area contributed by atoms with Crippen LogP contribution in [0.15, 0.2) is 76.5 Å². The molecule has 2 heterocycles. The van der Waals surface area contributed by atoms with Crippen LogP contribution >= 0.6 is 0 Å². The van der Waals surface area contributed by atoms with Crippen LogP contribution < -0.4 is 22.5 Å². The molecule has 3 aromatic carbocycles. The minimum absolute atomic E-state index is 0.0243. The van der Waals surface area contributed by atoms with E-state index < -0.39 is 22.5 Å². The number of hydrogen-bond acceptors (Lipinski definition) is 6. The molecule has 0 bridgehead atoms. The highest BCUT2D eigenvalue weighted by atomic mass is 16.4. The first-order valence-electron chi connectivity index (χ1n) is 11.8. The van der Waals surface area contributed by atoms with Crippen molar-refractivity contribution in [2.75, 3.05) is 0 Å². The van der Waals surface area contributed by atoms with Crippen molar-refractivity contribution >= 4 is 21.5 Å². The Morgan fingerprint density at radius 1 is 0.444 bits per heavy atom.